The molecule has 0 saturated carbocycles. The van der Waals surface area contributed by atoms with Crippen LogP contribution in [0.15, 0.2) is 0 Å². The van der Waals surface area contributed by atoms with Gasteiger partial charge in [-0.25, -0.2) is 9.13 Å². The van der Waals surface area contributed by atoms with Gasteiger partial charge in [0.1, 0.15) is 19.3 Å². The summed E-state index contributed by atoms with van der Waals surface area (Å²) >= 11 is 0. The molecule has 17 nitrogen and oxygen atoms in total. The summed E-state index contributed by atoms with van der Waals surface area (Å²) in [6.07, 6.45) is 64.2. The molecule has 0 rings (SSSR count). The van der Waals surface area contributed by atoms with Gasteiger partial charge in [0.2, 0.25) is 0 Å². The summed E-state index contributed by atoms with van der Waals surface area (Å²) in [5.74, 6) is -0.549. The van der Waals surface area contributed by atoms with Crippen LogP contribution in [0, 0.1) is 11.8 Å². The summed E-state index contributed by atoms with van der Waals surface area (Å²) in [7, 11) is -9.91. The van der Waals surface area contributed by atoms with Crippen molar-refractivity contribution in [1.29, 1.82) is 0 Å². The van der Waals surface area contributed by atoms with Gasteiger partial charge in [0, 0.05) is 25.7 Å². The minimum Gasteiger partial charge on any atom is -0.462 e. The highest BCUT2D eigenvalue weighted by molar-refractivity contribution is 7.47. The maximum absolute atomic E-state index is 13.1. The third-order valence-corrected chi connectivity index (χ3v) is 21.1. The van der Waals surface area contributed by atoms with Crippen molar-refractivity contribution in [2.45, 2.75) is 452 Å². The average molecular weight is 1480 g/mol. The molecule has 0 radical (unpaired) electrons. The number of unbranched alkanes of at least 4 members (excludes halogenated alkanes) is 51. The van der Waals surface area contributed by atoms with Crippen LogP contribution >= 0.6 is 15.6 Å². The number of carbonyl (C=O) groups is 4. The summed E-state index contributed by atoms with van der Waals surface area (Å²) in [5, 5.41) is 10.6. The van der Waals surface area contributed by atoms with Crippen molar-refractivity contribution < 1.29 is 80.2 Å². The number of hydrogen-bond donors (Lipinski definition) is 3. The molecule has 101 heavy (non-hydrogen) atoms. The number of carbonyl (C=O) groups excluding carboxylic acids is 4. The molecule has 2 unspecified atom stereocenters. The SMILES string of the molecule is CCCCCCCCCCCCCCCCCCCCCCCCC(=O)O[C@H](COC(=O)CCCCCCCCCCCCCCCCCCC(C)C)COP(=O)(O)OC[C@@H](O)COP(=O)(O)OC[C@@H](COC(=O)CCCCCCCCC)OC(=O)CCCCCCCCCCCCC(C)C. The Morgan fingerprint density at radius 2 is 0.455 bits per heavy atom. The van der Waals surface area contributed by atoms with E-state index < -0.39 is 97.5 Å². The molecular formula is C82H160O17P2. The van der Waals surface area contributed by atoms with Gasteiger partial charge in [-0.05, 0) is 37.5 Å². The number of rotatable bonds is 81. The number of aliphatic hydroxyl groups is 1. The summed E-state index contributed by atoms with van der Waals surface area (Å²) in [4.78, 5) is 72.9. The van der Waals surface area contributed by atoms with Crippen LogP contribution in [0.1, 0.15) is 433 Å². The molecule has 3 N–H and O–H groups in total. The van der Waals surface area contributed by atoms with Crippen LogP contribution in [-0.2, 0) is 65.4 Å². The van der Waals surface area contributed by atoms with Gasteiger partial charge in [-0.2, -0.15) is 0 Å². The monoisotopic (exact) mass is 1480 g/mol. The van der Waals surface area contributed by atoms with Crippen molar-refractivity contribution in [3.63, 3.8) is 0 Å². The minimum atomic E-state index is -4.96. The van der Waals surface area contributed by atoms with E-state index in [4.69, 9.17) is 37.0 Å². The second kappa shape index (κ2) is 73.6. The number of esters is 4. The molecule has 0 aromatic rings. The molecule has 0 aromatic carbocycles. The van der Waals surface area contributed by atoms with Crippen molar-refractivity contribution in [2.24, 2.45) is 11.8 Å². The van der Waals surface area contributed by atoms with E-state index in [0.29, 0.717) is 25.7 Å². The van der Waals surface area contributed by atoms with Crippen molar-refractivity contribution in [2.75, 3.05) is 39.6 Å². The molecule has 0 bridgehead atoms. The number of hydrogen-bond acceptors (Lipinski definition) is 15. The summed E-state index contributed by atoms with van der Waals surface area (Å²) in [5.41, 5.74) is 0. The van der Waals surface area contributed by atoms with Gasteiger partial charge in [0.15, 0.2) is 12.2 Å². The van der Waals surface area contributed by atoms with Gasteiger partial charge >= 0.3 is 39.5 Å². The zero-order valence-electron chi connectivity index (χ0n) is 66.2. The van der Waals surface area contributed by atoms with Crippen LogP contribution in [0.25, 0.3) is 0 Å². The molecule has 600 valence electrons. The smallest absolute Gasteiger partial charge is 0.462 e. The van der Waals surface area contributed by atoms with Crippen molar-refractivity contribution in [3.05, 3.63) is 0 Å². The average Bonchev–Trinajstić information content (AvgIpc) is 1.27. The number of ether oxygens (including phenoxy) is 4. The van der Waals surface area contributed by atoms with Gasteiger partial charge in [-0.3, -0.25) is 37.3 Å². The lowest BCUT2D eigenvalue weighted by molar-refractivity contribution is -0.161. The Bertz CT molecular complexity index is 1940. The second-order valence-electron chi connectivity index (χ2n) is 30.5. The molecule has 0 aliphatic heterocycles. The largest absolute Gasteiger partial charge is 0.472 e. The van der Waals surface area contributed by atoms with Gasteiger partial charge < -0.3 is 33.8 Å². The zero-order chi connectivity index (χ0) is 74.2. The number of phosphoric ester groups is 2. The maximum Gasteiger partial charge on any atom is 0.472 e. The Morgan fingerprint density at radius 3 is 0.673 bits per heavy atom. The Kier molecular flexibility index (Phi) is 72.2. The van der Waals surface area contributed by atoms with Crippen LogP contribution in [-0.4, -0.2) is 96.7 Å². The predicted octanol–water partition coefficient (Wildman–Crippen LogP) is 24.7. The molecule has 0 amide bonds. The van der Waals surface area contributed by atoms with E-state index in [1.165, 1.54) is 238 Å². The molecule has 0 fully saturated rings. The standard InChI is InChI=1S/C82H160O17P2/c1-7-9-11-13-15-16-17-18-19-20-21-22-23-24-25-30-33-36-42-48-54-60-66-81(86)99-78(71-93-80(85)65-59-53-47-41-35-32-29-27-26-28-31-34-39-45-50-56-62-74(3)4)73-97-101(90,91)95-69-76(83)68-94-100(88,89)96-72-77(70-92-79(84)64-58-52-44-14-12-10-8-2)98-82(87)67-61-55-49-43-38-37-40-46-51-57-63-75(5)6/h74-78,83H,7-73H2,1-6H3,(H,88,89)(H,90,91)/t76-,77+,78+/m0/s1. The third kappa shape index (κ3) is 76.1. The molecule has 5 atom stereocenters. The quantitative estimate of drug-likeness (QED) is 0.0222. The Labute approximate surface area is 619 Å². The zero-order valence-corrected chi connectivity index (χ0v) is 68.0. The maximum atomic E-state index is 13.1. The molecule has 0 aliphatic rings. The van der Waals surface area contributed by atoms with Crippen LogP contribution < -0.4 is 0 Å². The first-order chi connectivity index (χ1) is 48.9. The molecule has 19 heteroatoms. The Hall–Kier alpha value is -1.94. The molecular weight excluding hydrogens is 1320 g/mol. The molecule has 0 aromatic heterocycles. The van der Waals surface area contributed by atoms with Crippen molar-refractivity contribution in [3.8, 4) is 0 Å². The van der Waals surface area contributed by atoms with Crippen molar-refractivity contribution in [1.82, 2.24) is 0 Å². The van der Waals surface area contributed by atoms with Gasteiger partial charge in [0.05, 0.1) is 26.4 Å². The third-order valence-electron chi connectivity index (χ3n) is 19.2. The first-order valence-electron chi connectivity index (χ1n) is 42.5. The van der Waals surface area contributed by atoms with E-state index in [9.17, 15) is 43.2 Å². The first-order valence-corrected chi connectivity index (χ1v) is 45.5. The first kappa shape index (κ1) is 99.1. The fourth-order valence-corrected chi connectivity index (χ4v) is 14.3. The van der Waals surface area contributed by atoms with E-state index in [0.717, 1.165) is 115 Å². The topological polar surface area (TPSA) is 237 Å². The minimum absolute atomic E-state index is 0.106. The van der Waals surface area contributed by atoms with E-state index in [2.05, 4.69) is 41.5 Å². The summed E-state index contributed by atoms with van der Waals surface area (Å²) < 4.78 is 68.6. The van der Waals surface area contributed by atoms with Crippen molar-refractivity contribution >= 4 is 39.5 Å². The molecule has 0 aliphatic carbocycles. The van der Waals surface area contributed by atoms with E-state index >= 15 is 0 Å². The fourth-order valence-electron chi connectivity index (χ4n) is 12.7. The van der Waals surface area contributed by atoms with Crippen LogP contribution in [0.3, 0.4) is 0 Å². The lowest BCUT2D eigenvalue weighted by atomic mass is 10.0. The van der Waals surface area contributed by atoms with E-state index in [1.807, 2.05) is 0 Å². The van der Waals surface area contributed by atoms with Crippen LogP contribution in [0.5, 0.6) is 0 Å². The van der Waals surface area contributed by atoms with Crippen LogP contribution in [0.4, 0.5) is 0 Å². The fraction of sp³-hybridized carbons (Fsp3) is 0.951. The summed E-state index contributed by atoms with van der Waals surface area (Å²) in [6.45, 7) is 9.61. The molecule has 0 heterocycles. The molecule has 0 saturated heterocycles. The summed E-state index contributed by atoms with van der Waals surface area (Å²) in [6, 6.07) is 0. The highest BCUT2D eigenvalue weighted by Gasteiger charge is 2.30. The lowest BCUT2D eigenvalue weighted by Crippen LogP contribution is -2.30. The lowest BCUT2D eigenvalue weighted by Gasteiger charge is -2.21. The highest BCUT2D eigenvalue weighted by Crippen LogP contribution is 2.45. The van der Waals surface area contributed by atoms with Gasteiger partial charge in [0.25, 0.3) is 0 Å². The van der Waals surface area contributed by atoms with Gasteiger partial charge in [-0.15, -0.1) is 0 Å². The van der Waals surface area contributed by atoms with Crippen LogP contribution in [0.2, 0.25) is 0 Å². The Morgan fingerprint density at radius 1 is 0.267 bits per heavy atom. The second-order valence-corrected chi connectivity index (χ2v) is 33.4. The predicted molar refractivity (Wildman–Crippen MR) is 414 cm³/mol. The normalized spacial score (nSPS) is 13.9. The molecule has 0 spiro atoms. The number of phosphoric acid groups is 2. The highest BCUT2D eigenvalue weighted by atomic mass is 31.2. The van der Waals surface area contributed by atoms with Gasteiger partial charge in [-0.1, -0.05) is 382 Å². The van der Waals surface area contributed by atoms with E-state index in [-0.39, 0.29) is 25.7 Å². The Balaban J connectivity index is 5.16. The number of aliphatic hydroxyl groups excluding tert-OH is 1. The van der Waals surface area contributed by atoms with E-state index in [1.54, 1.807) is 0 Å².